The molecule has 2 aliphatic rings. The molecule has 0 bridgehead atoms. The van der Waals surface area contributed by atoms with E-state index in [1.54, 1.807) is 11.3 Å². The minimum absolute atomic E-state index is 0.256. The van der Waals surface area contributed by atoms with E-state index in [4.69, 9.17) is 0 Å². The molecule has 2 saturated heterocycles. The van der Waals surface area contributed by atoms with Gasteiger partial charge in [0.25, 0.3) is 0 Å². The Labute approximate surface area is 120 Å². The van der Waals surface area contributed by atoms with Crippen LogP contribution in [0.3, 0.4) is 0 Å². The lowest BCUT2D eigenvalue weighted by Crippen LogP contribution is -2.38. The standard InChI is InChI=1S/C13H17BrN2OS/c14-10-1-6-18-11(10)8-16-9-13(7-12(16)17)2-4-15-5-3-13/h1,6,15H,2-5,7-9H2. The Balaban J connectivity index is 1.71. The van der Waals surface area contributed by atoms with Gasteiger partial charge in [-0.1, -0.05) is 0 Å². The summed E-state index contributed by atoms with van der Waals surface area (Å²) in [5.74, 6) is 0.331. The first-order valence-electron chi connectivity index (χ1n) is 6.39. The highest BCUT2D eigenvalue weighted by Crippen LogP contribution is 2.40. The van der Waals surface area contributed by atoms with Crippen molar-refractivity contribution in [2.45, 2.75) is 25.8 Å². The molecule has 1 spiro atoms. The fraction of sp³-hybridized carbons (Fsp3) is 0.615. The Hall–Kier alpha value is -0.390. The number of amides is 1. The number of carbonyl (C=O) groups is 1. The van der Waals surface area contributed by atoms with Gasteiger partial charge < -0.3 is 10.2 Å². The molecule has 98 valence electrons. The van der Waals surface area contributed by atoms with E-state index in [0.717, 1.165) is 49.9 Å². The first-order valence-corrected chi connectivity index (χ1v) is 8.06. The van der Waals surface area contributed by atoms with Crippen LogP contribution < -0.4 is 5.32 Å². The Morgan fingerprint density at radius 3 is 2.89 bits per heavy atom. The summed E-state index contributed by atoms with van der Waals surface area (Å²) in [4.78, 5) is 15.5. The summed E-state index contributed by atoms with van der Waals surface area (Å²) in [7, 11) is 0. The van der Waals surface area contributed by atoms with Crippen LogP contribution in [0.4, 0.5) is 0 Å². The van der Waals surface area contributed by atoms with Gasteiger partial charge in [0.2, 0.25) is 5.91 Å². The van der Waals surface area contributed by atoms with E-state index in [1.807, 2.05) is 4.90 Å². The smallest absolute Gasteiger partial charge is 0.223 e. The van der Waals surface area contributed by atoms with Gasteiger partial charge in [-0.05, 0) is 58.7 Å². The van der Waals surface area contributed by atoms with Crippen LogP contribution in [0.5, 0.6) is 0 Å². The second-order valence-electron chi connectivity index (χ2n) is 5.37. The zero-order valence-electron chi connectivity index (χ0n) is 10.2. The highest BCUT2D eigenvalue weighted by molar-refractivity contribution is 9.10. The topological polar surface area (TPSA) is 32.3 Å². The van der Waals surface area contributed by atoms with Gasteiger partial charge in [0.15, 0.2) is 0 Å². The molecule has 5 heteroatoms. The van der Waals surface area contributed by atoms with Crippen molar-refractivity contribution in [3.8, 4) is 0 Å². The molecule has 0 aliphatic carbocycles. The molecule has 0 saturated carbocycles. The second kappa shape index (κ2) is 4.94. The summed E-state index contributed by atoms with van der Waals surface area (Å²) in [6.45, 7) is 3.83. The predicted molar refractivity (Wildman–Crippen MR) is 76.6 cm³/mol. The van der Waals surface area contributed by atoms with E-state index in [1.165, 1.54) is 4.88 Å². The molecule has 2 aliphatic heterocycles. The number of piperidine rings is 1. The molecule has 1 aromatic rings. The normalized spacial score (nSPS) is 22.9. The molecule has 0 atom stereocenters. The van der Waals surface area contributed by atoms with Crippen molar-refractivity contribution in [2.75, 3.05) is 19.6 Å². The van der Waals surface area contributed by atoms with Gasteiger partial charge in [-0.25, -0.2) is 0 Å². The Morgan fingerprint density at radius 2 is 2.22 bits per heavy atom. The summed E-state index contributed by atoms with van der Waals surface area (Å²) in [5.41, 5.74) is 0.256. The minimum Gasteiger partial charge on any atom is -0.337 e. The lowest BCUT2D eigenvalue weighted by atomic mass is 9.78. The van der Waals surface area contributed by atoms with Crippen LogP contribution >= 0.6 is 27.3 Å². The third-order valence-corrected chi connectivity index (χ3v) is 6.01. The monoisotopic (exact) mass is 328 g/mol. The maximum absolute atomic E-state index is 12.2. The van der Waals surface area contributed by atoms with Crippen molar-refractivity contribution in [3.05, 3.63) is 20.8 Å². The third kappa shape index (κ3) is 2.36. The Kier molecular flexibility index (Phi) is 3.47. The summed E-state index contributed by atoms with van der Waals surface area (Å²) >= 11 is 5.26. The first-order chi connectivity index (χ1) is 8.69. The van der Waals surface area contributed by atoms with Crippen LogP contribution in [0.25, 0.3) is 0 Å². The Bertz CT molecular complexity index is 454. The number of carbonyl (C=O) groups excluding carboxylic acids is 1. The average Bonchev–Trinajstić information content (AvgIpc) is 2.87. The maximum atomic E-state index is 12.2. The molecular formula is C13H17BrN2OS. The number of halogens is 1. The van der Waals surface area contributed by atoms with E-state index in [0.29, 0.717) is 5.91 Å². The largest absolute Gasteiger partial charge is 0.337 e. The van der Waals surface area contributed by atoms with Gasteiger partial charge in [-0.2, -0.15) is 0 Å². The summed E-state index contributed by atoms with van der Waals surface area (Å²) in [6.07, 6.45) is 3.03. The van der Waals surface area contributed by atoms with E-state index >= 15 is 0 Å². The molecule has 3 rings (SSSR count). The number of nitrogens with zero attached hydrogens (tertiary/aromatic N) is 1. The van der Waals surface area contributed by atoms with Crippen molar-refractivity contribution in [1.82, 2.24) is 10.2 Å². The number of hydrogen-bond donors (Lipinski definition) is 1. The molecule has 3 nitrogen and oxygen atoms in total. The fourth-order valence-electron chi connectivity index (χ4n) is 3.03. The number of rotatable bonds is 2. The molecule has 1 aromatic heterocycles. The van der Waals surface area contributed by atoms with Crippen LogP contribution in [0, 0.1) is 5.41 Å². The summed E-state index contributed by atoms with van der Waals surface area (Å²) < 4.78 is 1.13. The van der Waals surface area contributed by atoms with Crippen molar-refractivity contribution >= 4 is 33.2 Å². The summed E-state index contributed by atoms with van der Waals surface area (Å²) in [6, 6.07) is 2.06. The van der Waals surface area contributed by atoms with E-state index in [2.05, 4.69) is 32.7 Å². The van der Waals surface area contributed by atoms with Gasteiger partial charge in [-0.3, -0.25) is 4.79 Å². The number of likely N-dealkylation sites (tertiary alicyclic amines) is 1. The molecule has 0 unspecified atom stereocenters. The quantitative estimate of drug-likeness (QED) is 0.905. The minimum atomic E-state index is 0.256. The van der Waals surface area contributed by atoms with Crippen LogP contribution in [-0.2, 0) is 11.3 Å². The van der Waals surface area contributed by atoms with Crippen molar-refractivity contribution in [1.29, 1.82) is 0 Å². The van der Waals surface area contributed by atoms with Gasteiger partial charge >= 0.3 is 0 Å². The van der Waals surface area contributed by atoms with Crippen LogP contribution in [0.2, 0.25) is 0 Å². The second-order valence-corrected chi connectivity index (χ2v) is 7.22. The lowest BCUT2D eigenvalue weighted by Gasteiger charge is -2.33. The van der Waals surface area contributed by atoms with Crippen molar-refractivity contribution in [3.63, 3.8) is 0 Å². The number of nitrogens with one attached hydrogen (secondary N) is 1. The van der Waals surface area contributed by atoms with Crippen LogP contribution in [0.1, 0.15) is 24.1 Å². The molecule has 1 amide bonds. The molecule has 3 heterocycles. The fourth-order valence-corrected chi connectivity index (χ4v) is 4.52. The highest BCUT2D eigenvalue weighted by Gasteiger charge is 2.43. The molecule has 0 aromatic carbocycles. The van der Waals surface area contributed by atoms with Crippen molar-refractivity contribution < 1.29 is 4.79 Å². The average molecular weight is 329 g/mol. The SMILES string of the molecule is O=C1CC2(CCNCC2)CN1Cc1sccc1Br. The molecule has 0 radical (unpaired) electrons. The van der Waals surface area contributed by atoms with Crippen LogP contribution in [0.15, 0.2) is 15.9 Å². The molecule has 1 N–H and O–H groups in total. The van der Waals surface area contributed by atoms with Gasteiger partial charge in [0, 0.05) is 22.3 Å². The van der Waals surface area contributed by atoms with Crippen LogP contribution in [-0.4, -0.2) is 30.4 Å². The molecule has 18 heavy (non-hydrogen) atoms. The van der Waals surface area contributed by atoms with Gasteiger partial charge in [0.1, 0.15) is 0 Å². The number of hydrogen-bond acceptors (Lipinski definition) is 3. The maximum Gasteiger partial charge on any atom is 0.223 e. The van der Waals surface area contributed by atoms with E-state index in [-0.39, 0.29) is 5.41 Å². The molecule has 2 fully saturated rings. The highest BCUT2D eigenvalue weighted by atomic mass is 79.9. The van der Waals surface area contributed by atoms with E-state index < -0.39 is 0 Å². The zero-order chi connectivity index (χ0) is 12.6. The zero-order valence-corrected chi connectivity index (χ0v) is 12.6. The van der Waals surface area contributed by atoms with Crippen molar-refractivity contribution in [2.24, 2.45) is 5.41 Å². The molecular weight excluding hydrogens is 312 g/mol. The van der Waals surface area contributed by atoms with Gasteiger partial charge in [-0.15, -0.1) is 11.3 Å². The third-order valence-electron chi connectivity index (χ3n) is 4.09. The first kappa shape index (κ1) is 12.6. The summed E-state index contributed by atoms with van der Waals surface area (Å²) in [5, 5.41) is 5.45. The lowest BCUT2D eigenvalue weighted by molar-refractivity contribution is -0.128. The predicted octanol–water partition coefficient (Wildman–Crippen LogP) is 2.61. The Morgan fingerprint density at radius 1 is 1.44 bits per heavy atom. The number of thiophene rings is 1. The van der Waals surface area contributed by atoms with E-state index in [9.17, 15) is 4.79 Å². The van der Waals surface area contributed by atoms with Gasteiger partial charge in [0.05, 0.1) is 6.54 Å².